The lowest BCUT2D eigenvalue weighted by Gasteiger charge is -2.06. The number of carbonyl (C=O) groups excluding carboxylic acids is 1. The van der Waals surface area contributed by atoms with Gasteiger partial charge in [0.2, 0.25) is 5.91 Å². The second kappa shape index (κ2) is 10.00. The number of carbonyl (C=O) groups is 1. The lowest BCUT2D eigenvalue weighted by atomic mass is 10.1. The number of para-hydroxylation sites is 2. The molecule has 3 aromatic heterocycles. The Bertz CT molecular complexity index is 1540. The van der Waals surface area contributed by atoms with Crippen molar-refractivity contribution in [3.05, 3.63) is 113 Å². The van der Waals surface area contributed by atoms with Crippen LogP contribution in [0.5, 0.6) is 0 Å². The lowest BCUT2D eigenvalue weighted by molar-refractivity contribution is -0.116. The number of benzene rings is 2. The minimum atomic E-state index is -0.162. The van der Waals surface area contributed by atoms with Gasteiger partial charge in [0.05, 0.1) is 23.3 Å². The van der Waals surface area contributed by atoms with Crippen molar-refractivity contribution in [2.45, 2.75) is 33.9 Å². The molecule has 2 aromatic carbocycles. The summed E-state index contributed by atoms with van der Waals surface area (Å²) in [7, 11) is 0. The van der Waals surface area contributed by atoms with Gasteiger partial charge in [0.1, 0.15) is 12.1 Å². The fourth-order valence-electron chi connectivity index (χ4n) is 4.18. The minimum Gasteiger partial charge on any atom is -0.348 e. The fourth-order valence-corrected chi connectivity index (χ4v) is 4.18. The maximum atomic E-state index is 12.5. The van der Waals surface area contributed by atoms with Gasteiger partial charge in [-0.1, -0.05) is 48.0 Å². The summed E-state index contributed by atoms with van der Waals surface area (Å²) in [5.74, 6) is 0.622. The van der Waals surface area contributed by atoms with Crippen LogP contribution in [0.3, 0.4) is 0 Å². The van der Waals surface area contributed by atoms with Crippen LogP contribution in [0.2, 0.25) is 0 Å². The molecular weight excluding hydrogens is 448 g/mol. The van der Waals surface area contributed by atoms with E-state index in [1.54, 1.807) is 18.6 Å². The second-order valence-electron chi connectivity index (χ2n) is 8.91. The van der Waals surface area contributed by atoms with E-state index >= 15 is 0 Å². The van der Waals surface area contributed by atoms with Gasteiger partial charge in [0, 0.05) is 30.1 Å². The van der Waals surface area contributed by atoms with Crippen molar-refractivity contribution >= 4 is 23.0 Å². The predicted molar refractivity (Wildman–Crippen MR) is 142 cm³/mol. The smallest absolute Gasteiger partial charge is 0.244 e. The van der Waals surface area contributed by atoms with Crippen LogP contribution in [0.4, 0.5) is 0 Å². The van der Waals surface area contributed by atoms with Crippen molar-refractivity contribution in [2.24, 2.45) is 0 Å². The van der Waals surface area contributed by atoms with E-state index in [-0.39, 0.29) is 5.91 Å². The van der Waals surface area contributed by atoms with Gasteiger partial charge in [0.25, 0.3) is 0 Å². The molecule has 7 nitrogen and oxygen atoms in total. The summed E-state index contributed by atoms with van der Waals surface area (Å²) in [6.07, 6.45) is 6.94. The Labute approximate surface area is 210 Å². The van der Waals surface area contributed by atoms with Crippen LogP contribution in [0.25, 0.3) is 22.9 Å². The first-order chi connectivity index (χ1) is 17.5. The molecule has 0 aliphatic carbocycles. The van der Waals surface area contributed by atoms with Gasteiger partial charge in [-0.25, -0.2) is 9.97 Å². The number of fused-ring (bicyclic) bond motifs is 1. The Hall–Kier alpha value is -4.52. The van der Waals surface area contributed by atoms with E-state index in [4.69, 9.17) is 0 Å². The number of rotatable bonds is 7. The number of hydrogen-bond acceptors (Lipinski definition) is 4. The first kappa shape index (κ1) is 23.2. The highest BCUT2D eigenvalue weighted by molar-refractivity contribution is 5.92. The molecule has 7 heteroatoms. The molecule has 1 N–H and O–H groups in total. The SMILES string of the molecule is Cc1ccc(Cn2nc(C)c(/C=C/C(=O)NCc3ccc(-n4cnc5ccccc54)nc3)c2C)cc1. The summed E-state index contributed by atoms with van der Waals surface area (Å²) < 4.78 is 3.93. The van der Waals surface area contributed by atoms with Crippen molar-refractivity contribution < 1.29 is 4.79 Å². The summed E-state index contributed by atoms with van der Waals surface area (Å²) in [6, 6.07) is 20.3. The van der Waals surface area contributed by atoms with Gasteiger partial charge in [-0.05, 0) is 56.2 Å². The number of hydrogen-bond donors (Lipinski definition) is 1. The average Bonchev–Trinajstić information content (AvgIpc) is 3.43. The summed E-state index contributed by atoms with van der Waals surface area (Å²) in [5.41, 5.74) is 8.18. The number of aromatic nitrogens is 5. The van der Waals surface area contributed by atoms with Gasteiger partial charge in [-0.2, -0.15) is 5.10 Å². The number of nitrogens with zero attached hydrogens (tertiary/aromatic N) is 5. The Balaban J connectivity index is 1.20. The van der Waals surface area contributed by atoms with Gasteiger partial charge in [-0.15, -0.1) is 0 Å². The first-order valence-corrected chi connectivity index (χ1v) is 11.9. The molecule has 0 fully saturated rings. The molecule has 0 aliphatic heterocycles. The van der Waals surface area contributed by atoms with E-state index in [2.05, 4.69) is 51.6 Å². The van der Waals surface area contributed by atoms with Crippen molar-refractivity contribution in [1.29, 1.82) is 0 Å². The van der Waals surface area contributed by atoms with Gasteiger partial charge >= 0.3 is 0 Å². The molecule has 0 bridgehead atoms. The largest absolute Gasteiger partial charge is 0.348 e. The highest BCUT2D eigenvalue weighted by Gasteiger charge is 2.10. The summed E-state index contributed by atoms with van der Waals surface area (Å²) in [4.78, 5) is 21.4. The van der Waals surface area contributed by atoms with Crippen molar-refractivity contribution in [3.8, 4) is 5.82 Å². The molecule has 5 rings (SSSR count). The molecule has 0 unspecified atom stereocenters. The van der Waals surface area contributed by atoms with Gasteiger partial charge in [0.15, 0.2) is 0 Å². The van der Waals surface area contributed by atoms with Crippen LogP contribution < -0.4 is 5.32 Å². The molecule has 0 saturated carbocycles. The predicted octanol–water partition coefficient (Wildman–Crippen LogP) is 4.92. The molecule has 5 aromatic rings. The standard InChI is InChI=1S/C29H28N6O/c1-20-8-10-23(11-9-20)18-35-22(3)25(21(2)33-35)13-15-29(36)31-17-24-12-14-28(30-16-24)34-19-32-26-6-4-5-7-27(26)34/h4-16,19H,17-18H2,1-3H3,(H,31,36)/b15-13+. The molecular formula is C29H28N6O. The zero-order chi connectivity index (χ0) is 25.1. The topological polar surface area (TPSA) is 77.6 Å². The molecule has 36 heavy (non-hydrogen) atoms. The monoisotopic (exact) mass is 476 g/mol. The fraction of sp³-hybridized carbons (Fsp3) is 0.172. The first-order valence-electron chi connectivity index (χ1n) is 11.9. The van der Waals surface area contributed by atoms with E-state index in [1.807, 2.05) is 65.6 Å². The van der Waals surface area contributed by atoms with E-state index in [0.717, 1.165) is 39.4 Å². The summed E-state index contributed by atoms with van der Waals surface area (Å²) in [5, 5.41) is 7.60. The molecule has 180 valence electrons. The minimum absolute atomic E-state index is 0.162. The van der Waals surface area contributed by atoms with Gasteiger partial charge < -0.3 is 5.32 Å². The van der Waals surface area contributed by atoms with Crippen LogP contribution in [-0.2, 0) is 17.9 Å². The molecule has 0 radical (unpaired) electrons. The second-order valence-corrected chi connectivity index (χ2v) is 8.91. The maximum Gasteiger partial charge on any atom is 0.244 e. The molecule has 0 aliphatic rings. The van der Waals surface area contributed by atoms with E-state index in [1.165, 1.54) is 11.1 Å². The zero-order valence-corrected chi connectivity index (χ0v) is 20.6. The van der Waals surface area contributed by atoms with Crippen LogP contribution in [0.1, 0.15) is 33.6 Å². The molecule has 3 heterocycles. The number of aryl methyl sites for hydroxylation is 2. The third kappa shape index (κ3) is 4.95. The van der Waals surface area contributed by atoms with E-state index in [0.29, 0.717) is 13.1 Å². The number of nitrogens with one attached hydrogen (secondary N) is 1. The Morgan fingerprint density at radius 2 is 1.72 bits per heavy atom. The van der Waals surface area contributed by atoms with Crippen molar-refractivity contribution in [1.82, 2.24) is 29.6 Å². The summed E-state index contributed by atoms with van der Waals surface area (Å²) in [6.45, 7) is 7.17. The van der Waals surface area contributed by atoms with E-state index < -0.39 is 0 Å². The van der Waals surface area contributed by atoms with Crippen LogP contribution >= 0.6 is 0 Å². The third-order valence-corrected chi connectivity index (χ3v) is 6.27. The highest BCUT2D eigenvalue weighted by atomic mass is 16.1. The number of imidazole rings is 1. The average molecular weight is 477 g/mol. The summed E-state index contributed by atoms with van der Waals surface area (Å²) >= 11 is 0. The highest BCUT2D eigenvalue weighted by Crippen LogP contribution is 2.18. The van der Waals surface area contributed by atoms with Crippen molar-refractivity contribution in [2.75, 3.05) is 0 Å². The van der Waals surface area contributed by atoms with Crippen LogP contribution in [-0.4, -0.2) is 30.2 Å². The van der Waals surface area contributed by atoms with Crippen LogP contribution in [0.15, 0.2) is 79.3 Å². The Kier molecular flexibility index (Phi) is 6.45. The third-order valence-electron chi connectivity index (χ3n) is 6.27. The number of pyridine rings is 1. The zero-order valence-electron chi connectivity index (χ0n) is 20.6. The lowest BCUT2D eigenvalue weighted by Crippen LogP contribution is -2.20. The Morgan fingerprint density at radius 3 is 2.50 bits per heavy atom. The van der Waals surface area contributed by atoms with E-state index in [9.17, 15) is 4.79 Å². The van der Waals surface area contributed by atoms with Gasteiger partial charge in [-0.3, -0.25) is 14.0 Å². The molecule has 1 amide bonds. The molecule has 0 saturated heterocycles. The molecule has 0 atom stereocenters. The normalized spacial score (nSPS) is 11.4. The maximum absolute atomic E-state index is 12.5. The van der Waals surface area contributed by atoms with Crippen LogP contribution in [0, 0.1) is 20.8 Å². The Morgan fingerprint density at radius 1 is 0.944 bits per heavy atom. The quantitative estimate of drug-likeness (QED) is 0.338. The van der Waals surface area contributed by atoms with Crippen molar-refractivity contribution in [3.63, 3.8) is 0 Å². The molecule has 0 spiro atoms. The number of amides is 1.